The van der Waals surface area contributed by atoms with Crippen LogP contribution in [0.2, 0.25) is 0 Å². The minimum atomic E-state index is -0.246. The Morgan fingerprint density at radius 2 is 1.89 bits per heavy atom. The van der Waals surface area contributed by atoms with E-state index in [1.807, 2.05) is 4.90 Å². The third-order valence-electron chi connectivity index (χ3n) is 7.59. The molecule has 6 nitrogen and oxygen atoms in total. The molecule has 8 heteroatoms. The lowest BCUT2D eigenvalue weighted by Gasteiger charge is -2.36. The number of piperazine rings is 1. The first-order valence-electron chi connectivity index (χ1n) is 12.5. The SMILES string of the molecule is CC(C)(C)C1CCc2c(sc3nc(CCC(=O)N4CCN(c5ccc(F)cc5)CC4)[nH]c(=O)c23)C1. The van der Waals surface area contributed by atoms with Crippen LogP contribution in [0.25, 0.3) is 10.2 Å². The molecule has 1 aliphatic heterocycles. The Kier molecular flexibility index (Phi) is 6.42. The molecule has 1 aliphatic carbocycles. The van der Waals surface area contributed by atoms with Crippen LogP contribution in [0.1, 0.15) is 49.9 Å². The number of aromatic amines is 1. The van der Waals surface area contributed by atoms with E-state index in [0.29, 0.717) is 50.8 Å². The normalized spacial score (nSPS) is 18.7. The van der Waals surface area contributed by atoms with Gasteiger partial charge in [0.1, 0.15) is 16.5 Å². The average molecular weight is 497 g/mol. The fourth-order valence-corrected chi connectivity index (χ4v) is 6.65. The maximum absolute atomic E-state index is 13.2. The van der Waals surface area contributed by atoms with Gasteiger partial charge in [-0.05, 0) is 60.4 Å². The second kappa shape index (κ2) is 9.37. The van der Waals surface area contributed by atoms with Crippen LogP contribution in [0, 0.1) is 17.2 Å². The number of nitrogens with one attached hydrogen (secondary N) is 1. The molecule has 1 fully saturated rings. The van der Waals surface area contributed by atoms with Gasteiger partial charge in [0, 0.05) is 49.6 Å². The van der Waals surface area contributed by atoms with Gasteiger partial charge in [0.25, 0.3) is 5.56 Å². The molecule has 5 rings (SSSR count). The molecular formula is C27H33FN4O2S. The zero-order valence-electron chi connectivity index (χ0n) is 20.7. The molecule has 1 aromatic carbocycles. The maximum atomic E-state index is 13.2. The van der Waals surface area contributed by atoms with Crippen molar-refractivity contribution in [3.05, 3.63) is 56.7 Å². The van der Waals surface area contributed by atoms with E-state index in [1.54, 1.807) is 23.5 Å². The van der Waals surface area contributed by atoms with Gasteiger partial charge < -0.3 is 14.8 Å². The monoisotopic (exact) mass is 496 g/mol. The van der Waals surface area contributed by atoms with Crippen LogP contribution < -0.4 is 10.5 Å². The van der Waals surface area contributed by atoms with E-state index < -0.39 is 0 Å². The minimum absolute atomic E-state index is 0.0722. The van der Waals surface area contributed by atoms with Crippen molar-refractivity contribution in [1.82, 2.24) is 14.9 Å². The molecule has 1 atom stereocenters. The molecule has 186 valence electrons. The third kappa shape index (κ3) is 4.99. The standard InChI is InChI=1S/C27H33FN4O2S/c1-27(2,3)17-4-9-20-21(16-17)35-26-24(20)25(34)29-22(30-26)10-11-23(33)32-14-12-31(13-15-32)19-7-5-18(28)6-8-19/h5-8,17H,4,9-16H2,1-3H3,(H,29,30,34). The van der Waals surface area contributed by atoms with Crippen LogP contribution >= 0.6 is 11.3 Å². The molecule has 1 unspecified atom stereocenters. The molecular weight excluding hydrogens is 463 g/mol. The van der Waals surface area contributed by atoms with Crippen molar-refractivity contribution in [2.75, 3.05) is 31.1 Å². The number of aromatic nitrogens is 2. The highest BCUT2D eigenvalue weighted by atomic mass is 32.1. The van der Waals surface area contributed by atoms with Gasteiger partial charge in [0.15, 0.2) is 0 Å². The number of rotatable bonds is 4. The van der Waals surface area contributed by atoms with Crippen molar-refractivity contribution >= 4 is 33.1 Å². The Morgan fingerprint density at radius 1 is 1.17 bits per heavy atom. The second-order valence-corrected chi connectivity index (χ2v) is 11.9. The maximum Gasteiger partial charge on any atom is 0.259 e. The summed E-state index contributed by atoms with van der Waals surface area (Å²) in [5, 5.41) is 0.754. The van der Waals surface area contributed by atoms with Crippen LogP contribution in [-0.4, -0.2) is 47.0 Å². The number of anilines is 1. The number of carbonyl (C=O) groups is 1. The lowest BCUT2D eigenvalue weighted by atomic mass is 9.72. The van der Waals surface area contributed by atoms with E-state index in [2.05, 4.69) is 30.7 Å². The first kappa shape index (κ1) is 24.0. The first-order valence-corrected chi connectivity index (χ1v) is 13.3. The molecule has 0 bridgehead atoms. The van der Waals surface area contributed by atoms with E-state index in [4.69, 9.17) is 4.98 Å². The minimum Gasteiger partial charge on any atom is -0.368 e. The average Bonchev–Trinajstić information content (AvgIpc) is 3.21. The number of nitrogens with zero attached hydrogens (tertiary/aromatic N) is 3. The molecule has 1 amide bonds. The number of amides is 1. The second-order valence-electron chi connectivity index (χ2n) is 10.8. The van der Waals surface area contributed by atoms with E-state index in [0.717, 1.165) is 35.2 Å². The molecule has 3 aromatic rings. The number of aryl methyl sites for hydroxylation is 2. The largest absolute Gasteiger partial charge is 0.368 e. The summed E-state index contributed by atoms with van der Waals surface area (Å²) in [5.41, 5.74) is 2.34. The summed E-state index contributed by atoms with van der Waals surface area (Å²) < 4.78 is 13.2. The van der Waals surface area contributed by atoms with E-state index in [-0.39, 0.29) is 22.7 Å². The van der Waals surface area contributed by atoms with Crippen LogP contribution in [0.4, 0.5) is 10.1 Å². The molecule has 2 aliphatic rings. The molecule has 35 heavy (non-hydrogen) atoms. The van der Waals surface area contributed by atoms with Gasteiger partial charge in [-0.15, -0.1) is 11.3 Å². The van der Waals surface area contributed by atoms with Gasteiger partial charge in [0.2, 0.25) is 5.91 Å². The van der Waals surface area contributed by atoms with Crippen molar-refractivity contribution in [3.8, 4) is 0 Å². The highest BCUT2D eigenvalue weighted by molar-refractivity contribution is 7.18. The molecule has 0 saturated carbocycles. The van der Waals surface area contributed by atoms with E-state index >= 15 is 0 Å². The van der Waals surface area contributed by atoms with Crippen molar-refractivity contribution in [2.24, 2.45) is 11.3 Å². The fourth-order valence-electron chi connectivity index (χ4n) is 5.34. The van der Waals surface area contributed by atoms with Gasteiger partial charge in [-0.3, -0.25) is 9.59 Å². The lowest BCUT2D eigenvalue weighted by Crippen LogP contribution is -2.48. The number of fused-ring (bicyclic) bond motifs is 3. The summed E-state index contributed by atoms with van der Waals surface area (Å²) in [4.78, 5) is 39.6. The highest BCUT2D eigenvalue weighted by Gasteiger charge is 2.31. The topological polar surface area (TPSA) is 69.3 Å². The Hall–Kier alpha value is -2.74. The van der Waals surface area contributed by atoms with Gasteiger partial charge in [-0.25, -0.2) is 9.37 Å². The van der Waals surface area contributed by atoms with Crippen LogP contribution in [0.3, 0.4) is 0 Å². The Labute approximate surface area is 209 Å². The third-order valence-corrected chi connectivity index (χ3v) is 8.74. The zero-order chi connectivity index (χ0) is 24.7. The van der Waals surface area contributed by atoms with Crippen LogP contribution in [0.15, 0.2) is 29.1 Å². The number of halogens is 1. The van der Waals surface area contributed by atoms with Crippen molar-refractivity contribution < 1.29 is 9.18 Å². The number of carbonyl (C=O) groups excluding carboxylic acids is 1. The fraction of sp³-hybridized carbons (Fsp3) is 0.519. The van der Waals surface area contributed by atoms with Crippen molar-refractivity contribution in [1.29, 1.82) is 0 Å². The summed E-state index contributed by atoms with van der Waals surface area (Å²) in [6.07, 6.45) is 3.80. The Morgan fingerprint density at radius 3 is 2.57 bits per heavy atom. The summed E-state index contributed by atoms with van der Waals surface area (Å²) in [6, 6.07) is 6.47. The van der Waals surface area contributed by atoms with E-state index in [1.165, 1.54) is 22.6 Å². The molecule has 0 radical (unpaired) electrons. The lowest BCUT2D eigenvalue weighted by molar-refractivity contribution is -0.131. The molecule has 0 spiro atoms. The Bertz CT molecular complexity index is 1280. The smallest absolute Gasteiger partial charge is 0.259 e. The predicted molar refractivity (Wildman–Crippen MR) is 139 cm³/mol. The molecule has 3 heterocycles. The van der Waals surface area contributed by atoms with Crippen molar-refractivity contribution in [2.45, 2.75) is 52.9 Å². The van der Waals surface area contributed by atoms with Crippen LogP contribution in [0.5, 0.6) is 0 Å². The van der Waals surface area contributed by atoms with Gasteiger partial charge in [0.05, 0.1) is 5.39 Å². The zero-order valence-corrected chi connectivity index (χ0v) is 21.5. The summed E-state index contributed by atoms with van der Waals surface area (Å²) in [6.45, 7) is 9.57. The highest BCUT2D eigenvalue weighted by Crippen LogP contribution is 2.42. The number of hydrogen-bond acceptors (Lipinski definition) is 5. The number of H-pyrrole nitrogens is 1. The van der Waals surface area contributed by atoms with Crippen molar-refractivity contribution in [3.63, 3.8) is 0 Å². The predicted octanol–water partition coefficient (Wildman–Crippen LogP) is 4.56. The van der Waals surface area contributed by atoms with Gasteiger partial charge in [-0.1, -0.05) is 20.8 Å². The van der Waals surface area contributed by atoms with E-state index in [9.17, 15) is 14.0 Å². The molecule has 2 aromatic heterocycles. The van der Waals surface area contributed by atoms with Gasteiger partial charge in [-0.2, -0.15) is 0 Å². The molecule has 1 saturated heterocycles. The number of thiophene rings is 1. The summed E-state index contributed by atoms with van der Waals surface area (Å²) in [5.74, 6) is 1.03. The van der Waals surface area contributed by atoms with Crippen LogP contribution in [-0.2, 0) is 24.1 Å². The van der Waals surface area contributed by atoms with Gasteiger partial charge >= 0.3 is 0 Å². The Balaban J connectivity index is 1.21. The number of benzene rings is 1. The summed E-state index contributed by atoms with van der Waals surface area (Å²) >= 11 is 1.65. The first-order chi connectivity index (χ1) is 16.7. The quantitative estimate of drug-likeness (QED) is 0.575. The summed E-state index contributed by atoms with van der Waals surface area (Å²) in [7, 11) is 0. The number of hydrogen-bond donors (Lipinski definition) is 1. The molecule has 1 N–H and O–H groups in total.